The highest BCUT2D eigenvalue weighted by Crippen LogP contribution is 2.30. The Hall–Kier alpha value is -2.37. The first-order chi connectivity index (χ1) is 12.5. The van der Waals surface area contributed by atoms with E-state index < -0.39 is 5.60 Å². The number of nitrogens with zero attached hydrogens (tertiary/aromatic N) is 2. The summed E-state index contributed by atoms with van der Waals surface area (Å²) in [7, 11) is 0. The first-order valence-electron chi connectivity index (χ1n) is 9.45. The molecule has 1 N–H and O–H groups in total. The molecule has 2 aliphatic heterocycles. The van der Waals surface area contributed by atoms with Crippen molar-refractivity contribution < 1.29 is 14.4 Å². The van der Waals surface area contributed by atoms with E-state index in [1.807, 2.05) is 30.3 Å². The van der Waals surface area contributed by atoms with Crippen molar-refractivity contribution in [2.24, 2.45) is 11.1 Å². The molecule has 6 nitrogen and oxygen atoms in total. The fraction of sp³-hybridized carbons (Fsp3) is 0.550. The summed E-state index contributed by atoms with van der Waals surface area (Å²) in [5.41, 5.74) is 0.783. The largest absolute Gasteiger partial charge is 0.379 e. The second kappa shape index (κ2) is 6.74. The van der Waals surface area contributed by atoms with Crippen LogP contribution in [0.25, 0.3) is 0 Å². The Labute approximate surface area is 153 Å². The summed E-state index contributed by atoms with van der Waals surface area (Å²) in [4.78, 5) is 32.8. The minimum Gasteiger partial charge on any atom is -0.379 e. The Bertz CT molecular complexity index is 729. The first-order valence-corrected chi connectivity index (χ1v) is 9.45. The molecular formula is C20H25N3O3. The molecule has 26 heavy (non-hydrogen) atoms. The zero-order chi connectivity index (χ0) is 18.1. The van der Waals surface area contributed by atoms with Crippen LogP contribution in [0, 0.1) is 5.92 Å². The summed E-state index contributed by atoms with van der Waals surface area (Å²) < 4.78 is 0. The lowest BCUT2D eigenvalue weighted by atomic mass is 9.91. The maximum Gasteiger partial charge on any atom is 0.269 e. The number of hydrogen-bond donors (Lipinski definition) is 1. The standard InChI is InChI=1S/C20H25N3O3/c1-20(12-17(22-26-20)14-6-3-2-4-7-14)19(25)23-11-5-8-15(13-23)18(24)21-16-9-10-16/h2-4,6-7,15-16H,5,8-13H2,1H3,(H,21,24)/t15-,20+/m0/s1. The fourth-order valence-electron chi connectivity index (χ4n) is 3.70. The van der Waals surface area contributed by atoms with E-state index in [1.54, 1.807) is 11.8 Å². The lowest BCUT2D eigenvalue weighted by Gasteiger charge is -2.35. The van der Waals surface area contributed by atoms with E-state index in [9.17, 15) is 9.59 Å². The van der Waals surface area contributed by atoms with E-state index in [4.69, 9.17) is 4.84 Å². The van der Waals surface area contributed by atoms with Gasteiger partial charge < -0.3 is 15.1 Å². The number of amides is 2. The third kappa shape index (κ3) is 3.45. The van der Waals surface area contributed by atoms with E-state index in [0.717, 1.165) is 37.0 Å². The fourth-order valence-corrected chi connectivity index (χ4v) is 3.70. The molecule has 3 aliphatic rings. The van der Waals surface area contributed by atoms with Crippen LogP contribution in [0.5, 0.6) is 0 Å². The van der Waals surface area contributed by atoms with Crippen LogP contribution in [-0.2, 0) is 14.4 Å². The second-order valence-corrected chi connectivity index (χ2v) is 7.78. The SMILES string of the molecule is C[C@]1(C(=O)N2CCC[C@H](C(=O)NC3CC3)C2)CC(c2ccccc2)=NO1. The molecule has 0 aromatic heterocycles. The van der Waals surface area contributed by atoms with Crippen molar-refractivity contribution in [3.8, 4) is 0 Å². The number of likely N-dealkylation sites (tertiary alicyclic amines) is 1. The third-order valence-corrected chi connectivity index (χ3v) is 5.42. The summed E-state index contributed by atoms with van der Waals surface area (Å²) in [6.45, 7) is 2.94. The molecule has 6 heteroatoms. The van der Waals surface area contributed by atoms with Crippen molar-refractivity contribution in [1.29, 1.82) is 0 Å². The molecular weight excluding hydrogens is 330 g/mol. The number of nitrogens with one attached hydrogen (secondary N) is 1. The van der Waals surface area contributed by atoms with Crippen molar-refractivity contribution in [3.05, 3.63) is 35.9 Å². The first kappa shape index (κ1) is 17.1. The average molecular weight is 355 g/mol. The molecule has 1 aromatic carbocycles. The van der Waals surface area contributed by atoms with E-state index >= 15 is 0 Å². The van der Waals surface area contributed by atoms with E-state index in [2.05, 4.69) is 10.5 Å². The Kier molecular flexibility index (Phi) is 4.42. The van der Waals surface area contributed by atoms with Gasteiger partial charge >= 0.3 is 0 Å². The van der Waals surface area contributed by atoms with Crippen LogP contribution >= 0.6 is 0 Å². The summed E-state index contributed by atoms with van der Waals surface area (Å²) in [6.07, 6.45) is 4.28. The van der Waals surface area contributed by atoms with Gasteiger partial charge in [0, 0.05) is 25.6 Å². The number of piperidine rings is 1. The maximum absolute atomic E-state index is 13.1. The summed E-state index contributed by atoms with van der Waals surface area (Å²) in [6, 6.07) is 10.1. The summed E-state index contributed by atoms with van der Waals surface area (Å²) >= 11 is 0. The molecule has 138 valence electrons. The summed E-state index contributed by atoms with van der Waals surface area (Å²) in [5.74, 6) is -0.104. The van der Waals surface area contributed by atoms with Crippen LogP contribution < -0.4 is 5.32 Å². The van der Waals surface area contributed by atoms with Crippen molar-refractivity contribution >= 4 is 17.5 Å². The molecule has 0 bridgehead atoms. The lowest BCUT2D eigenvalue weighted by Crippen LogP contribution is -2.52. The van der Waals surface area contributed by atoms with Gasteiger partial charge in [0.25, 0.3) is 5.91 Å². The molecule has 0 spiro atoms. The highest BCUT2D eigenvalue weighted by atomic mass is 16.7. The highest BCUT2D eigenvalue weighted by Gasteiger charge is 2.46. The van der Waals surface area contributed by atoms with E-state index in [0.29, 0.717) is 25.6 Å². The Balaban J connectivity index is 1.39. The van der Waals surface area contributed by atoms with Gasteiger partial charge in [0.1, 0.15) is 0 Å². The molecule has 2 amide bonds. The Morgan fingerprint density at radius 3 is 2.73 bits per heavy atom. The van der Waals surface area contributed by atoms with Crippen LogP contribution in [0.4, 0.5) is 0 Å². The van der Waals surface area contributed by atoms with Gasteiger partial charge in [0.05, 0.1) is 11.6 Å². The number of oxime groups is 1. The van der Waals surface area contributed by atoms with Gasteiger partial charge in [0.2, 0.25) is 11.5 Å². The van der Waals surface area contributed by atoms with Crippen molar-refractivity contribution in [3.63, 3.8) is 0 Å². The average Bonchev–Trinajstić information content (AvgIpc) is 3.40. The molecule has 1 saturated heterocycles. The lowest BCUT2D eigenvalue weighted by molar-refractivity contribution is -0.155. The van der Waals surface area contributed by atoms with Gasteiger partial charge in [-0.15, -0.1) is 0 Å². The third-order valence-electron chi connectivity index (χ3n) is 5.42. The van der Waals surface area contributed by atoms with Gasteiger partial charge in [-0.3, -0.25) is 9.59 Å². The molecule has 1 aliphatic carbocycles. The van der Waals surface area contributed by atoms with Crippen LogP contribution in [0.1, 0.15) is 44.6 Å². The molecule has 2 heterocycles. The van der Waals surface area contributed by atoms with Crippen molar-refractivity contribution in [2.75, 3.05) is 13.1 Å². The monoisotopic (exact) mass is 355 g/mol. The van der Waals surface area contributed by atoms with E-state index in [1.165, 1.54) is 0 Å². The Morgan fingerprint density at radius 1 is 1.23 bits per heavy atom. The Morgan fingerprint density at radius 2 is 2.00 bits per heavy atom. The van der Waals surface area contributed by atoms with Gasteiger partial charge in [-0.05, 0) is 38.2 Å². The van der Waals surface area contributed by atoms with Crippen LogP contribution in [0.3, 0.4) is 0 Å². The number of hydrogen-bond acceptors (Lipinski definition) is 4. The smallest absolute Gasteiger partial charge is 0.269 e. The summed E-state index contributed by atoms with van der Waals surface area (Å²) in [5, 5.41) is 7.23. The van der Waals surface area contributed by atoms with Crippen LogP contribution in [0.2, 0.25) is 0 Å². The molecule has 0 unspecified atom stereocenters. The van der Waals surface area contributed by atoms with Gasteiger partial charge in [-0.25, -0.2) is 0 Å². The number of benzene rings is 1. The predicted molar refractivity (Wildman–Crippen MR) is 97.6 cm³/mol. The molecule has 2 atom stereocenters. The zero-order valence-electron chi connectivity index (χ0n) is 15.1. The van der Waals surface area contributed by atoms with Crippen molar-refractivity contribution in [1.82, 2.24) is 10.2 Å². The normalized spacial score (nSPS) is 28.3. The van der Waals surface area contributed by atoms with Crippen LogP contribution in [0.15, 0.2) is 35.5 Å². The zero-order valence-corrected chi connectivity index (χ0v) is 15.1. The minimum atomic E-state index is -0.986. The van der Waals surface area contributed by atoms with Gasteiger partial charge in [-0.1, -0.05) is 35.5 Å². The molecule has 0 radical (unpaired) electrons. The van der Waals surface area contributed by atoms with Crippen LogP contribution in [-0.4, -0.2) is 47.2 Å². The topological polar surface area (TPSA) is 71.0 Å². The predicted octanol–water partition coefficient (Wildman–Crippen LogP) is 2.09. The quantitative estimate of drug-likeness (QED) is 0.899. The molecule has 4 rings (SSSR count). The number of carbonyl (C=O) groups excluding carboxylic acids is 2. The van der Waals surface area contributed by atoms with Gasteiger partial charge in [-0.2, -0.15) is 0 Å². The second-order valence-electron chi connectivity index (χ2n) is 7.78. The van der Waals surface area contributed by atoms with Gasteiger partial charge in [0.15, 0.2) is 0 Å². The molecule has 2 fully saturated rings. The highest BCUT2D eigenvalue weighted by molar-refractivity contribution is 6.05. The van der Waals surface area contributed by atoms with E-state index in [-0.39, 0.29) is 17.7 Å². The molecule has 1 saturated carbocycles. The molecule has 1 aromatic rings. The number of carbonyl (C=O) groups is 2. The van der Waals surface area contributed by atoms with Crippen molar-refractivity contribution in [2.45, 2.75) is 50.7 Å². The number of rotatable bonds is 4. The minimum absolute atomic E-state index is 0.0731. The maximum atomic E-state index is 13.1.